The molecule has 2 aliphatic rings. The van der Waals surface area contributed by atoms with E-state index in [0.717, 1.165) is 69.0 Å². The predicted octanol–water partition coefficient (Wildman–Crippen LogP) is 5.75. The average molecular weight is 588 g/mol. The van der Waals surface area contributed by atoms with Gasteiger partial charge in [0.1, 0.15) is 17.2 Å². The number of urea groups is 1. The third-order valence-corrected chi connectivity index (χ3v) is 8.14. The summed E-state index contributed by atoms with van der Waals surface area (Å²) >= 11 is 0. The first kappa shape index (κ1) is 29.9. The number of anilines is 4. The minimum atomic E-state index is -0.444. The smallest absolute Gasteiger partial charge is 0.323 e. The number of amides is 3. The molecule has 0 bridgehead atoms. The molecule has 5 rings (SSSR count). The van der Waals surface area contributed by atoms with Crippen LogP contribution in [0.4, 0.5) is 27.5 Å². The monoisotopic (exact) mass is 587 g/mol. The van der Waals surface area contributed by atoms with E-state index in [1.807, 2.05) is 30.3 Å². The van der Waals surface area contributed by atoms with E-state index in [1.54, 1.807) is 38.5 Å². The molecule has 3 N–H and O–H groups in total. The lowest BCUT2D eigenvalue weighted by molar-refractivity contribution is 0.0928. The summed E-state index contributed by atoms with van der Waals surface area (Å²) in [6, 6.07) is 18.5. The highest BCUT2D eigenvalue weighted by molar-refractivity contribution is 6.04. The Hall–Kier alpha value is -4.60. The van der Waals surface area contributed by atoms with Crippen molar-refractivity contribution in [2.75, 3.05) is 67.9 Å². The second-order valence-corrected chi connectivity index (χ2v) is 10.8. The summed E-state index contributed by atoms with van der Waals surface area (Å²) in [5.74, 6) is 1.83. The number of rotatable bonds is 9. The normalized spacial score (nSPS) is 15.4. The molecule has 1 aliphatic heterocycles. The Labute approximate surface area is 253 Å². The molecule has 2 fully saturated rings. The van der Waals surface area contributed by atoms with Gasteiger partial charge in [0.15, 0.2) is 0 Å². The van der Waals surface area contributed by atoms with Crippen molar-refractivity contribution in [3.63, 3.8) is 0 Å². The molecular weight excluding hydrogens is 546 g/mol. The van der Waals surface area contributed by atoms with E-state index in [4.69, 9.17) is 14.2 Å². The maximum atomic E-state index is 13.7. The van der Waals surface area contributed by atoms with Crippen molar-refractivity contribution in [3.05, 3.63) is 66.2 Å². The van der Waals surface area contributed by atoms with Crippen LogP contribution in [0.5, 0.6) is 17.2 Å². The summed E-state index contributed by atoms with van der Waals surface area (Å²) in [6.45, 7) is 3.06. The fourth-order valence-electron chi connectivity index (χ4n) is 5.85. The molecule has 1 saturated heterocycles. The fraction of sp³-hybridized carbons (Fsp3) is 0.394. The Morgan fingerprint density at radius 2 is 1.42 bits per heavy atom. The van der Waals surface area contributed by atoms with Gasteiger partial charge < -0.3 is 40.0 Å². The summed E-state index contributed by atoms with van der Waals surface area (Å²) in [5, 5.41) is 8.97. The Morgan fingerprint density at radius 1 is 0.721 bits per heavy atom. The van der Waals surface area contributed by atoms with E-state index in [2.05, 4.69) is 31.8 Å². The highest BCUT2D eigenvalue weighted by Crippen LogP contribution is 2.32. The zero-order valence-corrected chi connectivity index (χ0v) is 25.2. The second kappa shape index (κ2) is 14.0. The molecule has 10 nitrogen and oxygen atoms in total. The van der Waals surface area contributed by atoms with Crippen LogP contribution in [-0.2, 0) is 0 Å². The third-order valence-electron chi connectivity index (χ3n) is 8.14. The number of benzene rings is 3. The molecule has 0 spiro atoms. The van der Waals surface area contributed by atoms with E-state index >= 15 is 0 Å². The van der Waals surface area contributed by atoms with E-state index in [1.165, 1.54) is 13.5 Å². The van der Waals surface area contributed by atoms with Gasteiger partial charge in [0, 0.05) is 49.7 Å². The van der Waals surface area contributed by atoms with Crippen molar-refractivity contribution in [1.82, 2.24) is 5.32 Å². The van der Waals surface area contributed by atoms with Crippen LogP contribution in [0.15, 0.2) is 60.7 Å². The average Bonchev–Trinajstić information content (AvgIpc) is 3.05. The Morgan fingerprint density at radius 3 is 2.12 bits per heavy atom. The van der Waals surface area contributed by atoms with Crippen LogP contribution in [0.25, 0.3) is 0 Å². The van der Waals surface area contributed by atoms with Gasteiger partial charge in [0.25, 0.3) is 5.91 Å². The molecule has 0 radical (unpaired) electrons. The van der Waals surface area contributed by atoms with E-state index in [-0.39, 0.29) is 11.9 Å². The van der Waals surface area contributed by atoms with E-state index < -0.39 is 6.03 Å². The summed E-state index contributed by atoms with van der Waals surface area (Å²) in [5.41, 5.74) is 3.50. The summed E-state index contributed by atoms with van der Waals surface area (Å²) in [7, 11) is 4.79. The number of nitrogens with zero attached hydrogens (tertiary/aromatic N) is 2. The molecule has 0 atom stereocenters. The molecule has 10 heteroatoms. The van der Waals surface area contributed by atoms with Gasteiger partial charge >= 0.3 is 6.03 Å². The molecule has 43 heavy (non-hydrogen) atoms. The zero-order valence-electron chi connectivity index (χ0n) is 25.2. The van der Waals surface area contributed by atoms with Gasteiger partial charge in [-0.05, 0) is 55.3 Å². The third kappa shape index (κ3) is 7.25. The van der Waals surface area contributed by atoms with Gasteiger partial charge in [-0.3, -0.25) is 4.79 Å². The first-order chi connectivity index (χ1) is 21.0. The standard InChI is InChI=1S/C33H41N5O5/c1-41-25-14-15-27(31(22-25)43-3)36-33(40)35-24-13-16-28(26(21-24)32(39)34-23-9-5-4-6-10-23)37-17-19-38(20-18-37)29-11-7-8-12-30(29)42-2/h7-8,11-16,21-23H,4-6,9-10,17-20H2,1-3H3,(H,34,39)(H2,35,36,40). The number of piperazine rings is 1. The van der Waals surface area contributed by atoms with Gasteiger partial charge in [-0.25, -0.2) is 4.79 Å². The minimum Gasteiger partial charge on any atom is -0.497 e. The molecular formula is C33H41N5O5. The molecule has 228 valence electrons. The first-order valence-electron chi connectivity index (χ1n) is 14.9. The van der Waals surface area contributed by atoms with Gasteiger partial charge in [0.05, 0.1) is 38.3 Å². The van der Waals surface area contributed by atoms with Gasteiger partial charge in [-0.2, -0.15) is 0 Å². The van der Waals surface area contributed by atoms with Crippen molar-refractivity contribution in [3.8, 4) is 17.2 Å². The second-order valence-electron chi connectivity index (χ2n) is 10.8. The van der Waals surface area contributed by atoms with Crippen molar-refractivity contribution in [1.29, 1.82) is 0 Å². The highest BCUT2D eigenvalue weighted by atomic mass is 16.5. The number of para-hydroxylation sites is 2. The summed E-state index contributed by atoms with van der Waals surface area (Å²) < 4.78 is 16.2. The molecule has 3 amide bonds. The number of nitrogens with one attached hydrogen (secondary N) is 3. The molecule has 1 saturated carbocycles. The quantitative estimate of drug-likeness (QED) is 0.293. The number of ether oxygens (including phenoxy) is 3. The van der Waals surface area contributed by atoms with Gasteiger partial charge in [0.2, 0.25) is 0 Å². The Balaban J connectivity index is 1.33. The predicted molar refractivity (Wildman–Crippen MR) is 170 cm³/mol. The maximum Gasteiger partial charge on any atom is 0.323 e. The lowest BCUT2D eigenvalue weighted by Crippen LogP contribution is -2.47. The number of carbonyl (C=O) groups excluding carboxylic acids is 2. The molecule has 0 unspecified atom stereocenters. The summed E-state index contributed by atoms with van der Waals surface area (Å²) in [6.07, 6.45) is 5.44. The lowest BCUT2D eigenvalue weighted by Gasteiger charge is -2.38. The van der Waals surface area contributed by atoms with Crippen LogP contribution in [0, 0.1) is 0 Å². The number of hydrogen-bond donors (Lipinski definition) is 3. The molecule has 1 aliphatic carbocycles. The van der Waals surface area contributed by atoms with Crippen molar-refractivity contribution < 1.29 is 23.8 Å². The van der Waals surface area contributed by atoms with E-state index in [0.29, 0.717) is 28.4 Å². The zero-order chi connectivity index (χ0) is 30.2. The van der Waals surface area contributed by atoms with Crippen LogP contribution in [-0.4, -0.2) is 65.5 Å². The van der Waals surface area contributed by atoms with Crippen molar-refractivity contribution in [2.24, 2.45) is 0 Å². The number of carbonyl (C=O) groups is 2. The van der Waals surface area contributed by atoms with Crippen molar-refractivity contribution in [2.45, 2.75) is 38.1 Å². The Kier molecular flexibility index (Phi) is 9.76. The Bertz CT molecular complexity index is 1420. The van der Waals surface area contributed by atoms with Crippen LogP contribution >= 0.6 is 0 Å². The largest absolute Gasteiger partial charge is 0.497 e. The molecule has 3 aromatic carbocycles. The number of methoxy groups -OCH3 is 3. The lowest BCUT2D eigenvalue weighted by atomic mass is 9.95. The van der Waals surface area contributed by atoms with Crippen molar-refractivity contribution >= 4 is 34.7 Å². The van der Waals surface area contributed by atoms with Crippen LogP contribution in [0.2, 0.25) is 0 Å². The first-order valence-corrected chi connectivity index (χ1v) is 14.9. The molecule has 1 heterocycles. The van der Waals surface area contributed by atoms with Gasteiger partial charge in [-0.1, -0.05) is 31.4 Å². The van der Waals surface area contributed by atoms with Gasteiger partial charge in [-0.15, -0.1) is 0 Å². The SMILES string of the molecule is COc1ccc(NC(=O)Nc2ccc(N3CCN(c4ccccc4OC)CC3)c(C(=O)NC3CCCCC3)c2)c(OC)c1. The molecule has 3 aromatic rings. The minimum absolute atomic E-state index is 0.116. The topological polar surface area (TPSA) is 104 Å². The molecule has 0 aromatic heterocycles. The van der Waals surface area contributed by atoms with Crippen LogP contribution in [0.1, 0.15) is 42.5 Å². The summed E-state index contributed by atoms with van der Waals surface area (Å²) in [4.78, 5) is 31.2. The van der Waals surface area contributed by atoms with E-state index in [9.17, 15) is 9.59 Å². The van der Waals surface area contributed by atoms with Crippen LogP contribution in [0.3, 0.4) is 0 Å². The number of hydrogen-bond acceptors (Lipinski definition) is 7. The van der Waals surface area contributed by atoms with Crippen LogP contribution < -0.4 is 40.0 Å². The fourth-order valence-corrected chi connectivity index (χ4v) is 5.85. The highest BCUT2D eigenvalue weighted by Gasteiger charge is 2.25. The maximum absolute atomic E-state index is 13.7.